The van der Waals surface area contributed by atoms with E-state index in [-0.39, 0.29) is 11.3 Å². The predicted molar refractivity (Wildman–Crippen MR) is 79.9 cm³/mol. The first-order valence-corrected chi connectivity index (χ1v) is 6.63. The van der Waals surface area contributed by atoms with Gasteiger partial charge < -0.3 is 20.5 Å². The molecule has 20 heavy (non-hydrogen) atoms. The minimum atomic E-state index is -0.569. The van der Waals surface area contributed by atoms with Gasteiger partial charge in [-0.2, -0.15) is 0 Å². The number of benzene rings is 1. The van der Waals surface area contributed by atoms with Crippen LogP contribution in [0.5, 0.6) is 5.75 Å². The Hall–Kier alpha value is -1.59. The minimum Gasteiger partial charge on any atom is -0.491 e. The SMILES string of the molecule is COCCOc1cccc(NC(=O)[C@H](N)C(C)(C)C)c1. The summed E-state index contributed by atoms with van der Waals surface area (Å²) in [6, 6.07) is 6.65. The van der Waals surface area contributed by atoms with Crippen LogP contribution in [-0.4, -0.2) is 32.3 Å². The Morgan fingerprint density at radius 2 is 2.05 bits per heavy atom. The molecule has 1 aromatic rings. The molecular weight excluding hydrogens is 256 g/mol. The summed E-state index contributed by atoms with van der Waals surface area (Å²) >= 11 is 0. The fourth-order valence-electron chi connectivity index (χ4n) is 1.52. The Kier molecular flexibility index (Phi) is 5.98. The maximum absolute atomic E-state index is 12.0. The second-order valence-corrected chi connectivity index (χ2v) is 5.70. The first kappa shape index (κ1) is 16.5. The Bertz CT molecular complexity index is 441. The molecule has 1 rings (SSSR count). The Balaban J connectivity index is 2.64. The van der Waals surface area contributed by atoms with Crippen LogP contribution < -0.4 is 15.8 Å². The zero-order chi connectivity index (χ0) is 15.2. The van der Waals surface area contributed by atoms with E-state index in [4.69, 9.17) is 15.2 Å². The Morgan fingerprint density at radius 1 is 1.35 bits per heavy atom. The second kappa shape index (κ2) is 7.26. The molecule has 0 saturated carbocycles. The van der Waals surface area contributed by atoms with Crippen molar-refractivity contribution in [2.75, 3.05) is 25.6 Å². The summed E-state index contributed by atoms with van der Waals surface area (Å²) in [6.45, 7) is 6.78. The molecule has 0 aliphatic rings. The quantitative estimate of drug-likeness (QED) is 0.782. The fourth-order valence-corrected chi connectivity index (χ4v) is 1.52. The maximum Gasteiger partial charge on any atom is 0.241 e. The minimum absolute atomic E-state index is 0.202. The molecule has 0 radical (unpaired) electrons. The number of hydrogen-bond acceptors (Lipinski definition) is 4. The lowest BCUT2D eigenvalue weighted by atomic mass is 9.87. The smallest absolute Gasteiger partial charge is 0.241 e. The molecule has 0 fully saturated rings. The van der Waals surface area contributed by atoms with E-state index < -0.39 is 6.04 Å². The lowest BCUT2D eigenvalue weighted by Gasteiger charge is -2.25. The van der Waals surface area contributed by atoms with Crippen molar-refractivity contribution in [1.82, 2.24) is 0 Å². The van der Waals surface area contributed by atoms with E-state index in [9.17, 15) is 4.79 Å². The van der Waals surface area contributed by atoms with Gasteiger partial charge in [0.15, 0.2) is 0 Å². The largest absolute Gasteiger partial charge is 0.491 e. The van der Waals surface area contributed by atoms with Crippen LogP contribution in [0.3, 0.4) is 0 Å². The number of amides is 1. The van der Waals surface area contributed by atoms with Gasteiger partial charge in [0.2, 0.25) is 5.91 Å². The lowest BCUT2D eigenvalue weighted by molar-refractivity contribution is -0.119. The fraction of sp³-hybridized carbons (Fsp3) is 0.533. The lowest BCUT2D eigenvalue weighted by Crippen LogP contribution is -2.45. The van der Waals surface area contributed by atoms with E-state index in [0.29, 0.717) is 24.7 Å². The summed E-state index contributed by atoms with van der Waals surface area (Å²) in [5.74, 6) is 0.482. The van der Waals surface area contributed by atoms with Gasteiger partial charge in [-0.1, -0.05) is 26.8 Å². The third-order valence-electron chi connectivity index (χ3n) is 2.87. The van der Waals surface area contributed by atoms with Crippen LogP contribution in [0.2, 0.25) is 0 Å². The first-order valence-electron chi connectivity index (χ1n) is 6.63. The highest BCUT2D eigenvalue weighted by atomic mass is 16.5. The molecule has 0 aliphatic carbocycles. The van der Waals surface area contributed by atoms with Crippen LogP contribution >= 0.6 is 0 Å². The average molecular weight is 280 g/mol. The summed E-state index contributed by atoms with van der Waals surface area (Å²) in [5.41, 5.74) is 6.31. The summed E-state index contributed by atoms with van der Waals surface area (Å²) < 4.78 is 10.4. The second-order valence-electron chi connectivity index (χ2n) is 5.70. The van der Waals surface area contributed by atoms with Crippen molar-refractivity contribution in [1.29, 1.82) is 0 Å². The molecule has 0 unspecified atom stereocenters. The van der Waals surface area contributed by atoms with Gasteiger partial charge in [0, 0.05) is 18.9 Å². The van der Waals surface area contributed by atoms with Gasteiger partial charge >= 0.3 is 0 Å². The third kappa shape index (κ3) is 5.19. The number of carbonyl (C=O) groups excluding carboxylic acids is 1. The first-order chi connectivity index (χ1) is 9.34. The zero-order valence-electron chi connectivity index (χ0n) is 12.6. The number of nitrogens with one attached hydrogen (secondary N) is 1. The van der Waals surface area contributed by atoms with Crippen LogP contribution in [0.15, 0.2) is 24.3 Å². The summed E-state index contributed by atoms with van der Waals surface area (Å²) in [5, 5.41) is 2.80. The molecule has 0 heterocycles. The standard InChI is InChI=1S/C15H24N2O3/c1-15(2,3)13(16)14(18)17-11-6-5-7-12(10-11)20-9-8-19-4/h5-7,10,13H,8-9,16H2,1-4H3,(H,17,18)/t13-/m0/s1. The Labute approximate surface area is 120 Å². The number of nitrogens with two attached hydrogens (primary N) is 1. The molecule has 1 atom stereocenters. The van der Waals surface area contributed by atoms with Crippen molar-refractivity contribution in [3.63, 3.8) is 0 Å². The van der Waals surface area contributed by atoms with Crippen molar-refractivity contribution in [2.45, 2.75) is 26.8 Å². The monoisotopic (exact) mass is 280 g/mol. The Morgan fingerprint density at radius 3 is 2.65 bits per heavy atom. The number of rotatable bonds is 6. The van der Waals surface area contributed by atoms with Crippen molar-refractivity contribution < 1.29 is 14.3 Å². The number of hydrogen-bond donors (Lipinski definition) is 2. The van der Waals surface area contributed by atoms with Gasteiger partial charge in [0.05, 0.1) is 12.6 Å². The number of ether oxygens (including phenoxy) is 2. The molecule has 3 N–H and O–H groups in total. The highest BCUT2D eigenvalue weighted by Crippen LogP contribution is 2.21. The molecule has 1 aromatic carbocycles. The zero-order valence-corrected chi connectivity index (χ0v) is 12.6. The van der Waals surface area contributed by atoms with Crippen LogP contribution in [0.4, 0.5) is 5.69 Å². The van der Waals surface area contributed by atoms with E-state index in [2.05, 4.69) is 5.32 Å². The number of anilines is 1. The van der Waals surface area contributed by atoms with Crippen molar-refractivity contribution in [3.05, 3.63) is 24.3 Å². The van der Waals surface area contributed by atoms with Gasteiger partial charge in [-0.15, -0.1) is 0 Å². The molecule has 112 valence electrons. The van der Waals surface area contributed by atoms with Gasteiger partial charge in [-0.25, -0.2) is 0 Å². The van der Waals surface area contributed by atoms with E-state index in [1.54, 1.807) is 19.2 Å². The molecule has 0 saturated heterocycles. The molecule has 5 heteroatoms. The molecule has 5 nitrogen and oxygen atoms in total. The van der Waals surface area contributed by atoms with Gasteiger partial charge in [-0.05, 0) is 17.5 Å². The van der Waals surface area contributed by atoms with Gasteiger partial charge in [0.25, 0.3) is 0 Å². The maximum atomic E-state index is 12.0. The summed E-state index contributed by atoms with van der Waals surface area (Å²) in [6.07, 6.45) is 0. The highest BCUT2D eigenvalue weighted by molar-refractivity contribution is 5.95. The summed E-state index contributed by atoms with van der Waals surface area (Å²) in [4.78, 5) is 12.0. The summed E-state index contributed by atoms with van der Waals surface area (Å²) in [7, 11) is 1.62. The molecular formula is C15H24N2O3. The predicted octanol–water partition coefficient (Wildman–Crippen LogP) is 2.02. The van der Waals surface area contributed by atoms with E-state index >= 15 is 0 Å². The topological polar surface area (TPSA) is 73.6 Å². The third-order valence-corrected chi connectivity index (χ3v) is 2.87. The van der Waals surface area contributed by atoms with Crippen molar-refractivity contribution in [2.24, 2.45) is 11.1 Å². The van der Waals surface area contributed by atoms with E-state index in [1.165, 1.54) is 0 Å². The molecule has 1 amide bonds. The van der Waals surface area contributed by atoms with Crippen molar-refractivity contribution in [3.8, 4) is 5.75 Å². The van der Waals surface area contributed by atoms with Crippen LogP contribution in [0.25, 0.3) is 0 Å². The van der Waals surface area contributed by atoms with E-state index in [1.807, 2.05) is 32.9 Å². The van der Waals surface area contributed by atoms with Gasteiger partial charge in [0.1, 0.15) is 12.4 Å². The number of carbonyl (C=O) groups is 1. The van der Waals surface area contributed by atoms with Crippen LogP contribution in [-0.2, 0) is 9.53 Å². The van der Waals surface area contributed by atoms with Gasteiger partial charge in [-0.3, -0.25) is 4.79 Å². The molecule has 0 bridgehead atoms. The highest BCUT2D eigenvalue weighted by Gasteiger charge is 2.27. The van der Waals surface area contributed by atoms with Crippen LogP contribution in [0, 0.1) is 5.41 Å². The molecule has 0 aromatic heterocycles. The van der Waals surface area contributed by atoms with E-state index in [0.717, 1.165) is 0 Å². The molecule has 0 aliphatic heterocycles. The average Bonchev–Trinajstić information content (AvgIpc) is 2.37. The van der Waals surface area contributed by atoms with Crippen molar-refractivity contribution >= 4 is 11.6 Å². The molecule has 0 spiro atoms. The number of methoxy groups -OCH3 is 1. The van der Waals surface area contributed by atoms with Crippen LogP contribution in [0.1, 0.15) is 20.8 Å². The normalized spacial score (nSPS) is 12.8.